The van der Waals surface area contributed by atoms with Crippen LogP contribution in [-0.2, 0) is 6.54 Å². The van der Waals surface area contributed by atoms with E-state index in [1.54, 1.807) is 14.2 Å². The summed E-state index contributed by atoms with van der Waals surface area (Å²) in [5.41, 5.74) is 1.77. The molecule has 0 radical (unpaired) electrons. The second-order valence-electron chi connectivity index (χ2n) is 7.35. The molecule has 1 saturated heterocycles. The van der Waals surface area contributed by atoms with Crippen LogP contribution in [0.3, 0.4) is 0 Å². The Morgan fingerprint density at radius 3 is 2.34 bits per heavy atom. The van der Waals surface area contributed by atoms with E-state index in [1.165, 1.54) is 10.2 Å². The quantitative estimate of drug-likeness (QED) is 0.696. The predicted molar refractivity (Wildman–Crippen MR) is 111 cm³/mol. The van der Waals surface area contributed by atoms with Crippen LogP contribution in [0.2, 0.25) is 0 Å². The van der Waals surface area contributed by atoms with Crippen LogP contribution in [-0.4, -0.2) is 47.0 Å². The summed E-state index contributed by atoms with van der Waals surface area (Å²) >= 11 is 0. The Balaban J connectivity index is 1.47. The van der Waals surface area contributed by atoms with Crippen molar-refractivity contribution in [3.63, 3.8) is 0 Å². The van der Waals surface area contributed by atoms with Gasteiger partial charge in [0.25, 0.3) is 0 Å². The van der Waals surface area contributed by atoms with Crippen molar-refractivity contribution in [1.82, 2.24) is 19.7 Å². The molecule has 0 bridgehead atoms. The van der Waals surface area contributed by atoms with Gasteiger partial charge >= 0.3 is 5.69 Å². The molecule has 0 amide bonds. The van der Waals surface area contributed by atoms with Gasteiger partial charge in [0.2, 0.25) is 0 Å². The van der Waals surface area contributed by atoms with Gasteiger partial charge in [-0.15, -0.1) is 5.10 Å². The fourth-order valence-electron chi connectivity index (χ4n) is 3.83. The summed E-state index contributed by atoms with van der Waals surface area (Å²) < 4.78 is 11.8. The van der Waals surface area contributed by atoms with Crippen LogP contribution in [0.1, 0.15) is 30.1 Å². The Kier molecular flexibility index (Phi) is 5.67. The number of rotatable bonds is 6. The third-order valence-electron chi connectivity index (χ3n) is 5.41. The molecule has 1 aliphatic rings. The second kappa shape index (κ2) is 8.53. The Bertz CT molecular complexity index is 992. The molecule has 29 heavy (non-hydrogen) atoms. The Morgan fingerprint density at radius 1 is 1.03 bits per heavy atom. The Labute approximate surface area is 169 Å². The van der Waals surface area contributed by atoms with Crippen LogP contribution >= 0.6 is 0 Å². The van der Waals surface area contributed by atoms with Crippen molar-refractivity contribution in [3.05, 3.63) is 70.4 Å². The summed E-state index contributed by atoms with van der Waals surface area (Å²) in [5.74, 6) is 2.59. The molecule has 2 aromatic carbocycles. The van der Waals surface area contributed by atoms with Crippen molar-refractivity contribution in [1.29, 1.82) is 0 Å². The number of methoxy groups -OCH3 is 2. The van der Waals surface area contributed by atoms with Gasteiger partial charge in [-0.1, -0.05) is 12.1 Å². The fourth-order valence-corrected chi connectivity index (χ4v) is 3.83. The lowest BCUT2D eigenvalue weighted by molar-refractivity contribution is 0.196. The molecule has 152 valence electrons. The number of hydrogen-bond donors (Lipinski definition) is 1. The van der Waals surface area contributed by atoms with E-state index in [0.29, 0.717) is 0 Å². The molecule has 1 fully saturated rings. The SMILES string of the molecule is COc1ccc(CN2CCCC(c3nn(-c4ccc(OC)cc4)c(=O)[nH]3)C2)cc1. The van der Waals surface area contributed by atoms with Crippen LogP contribution in [0.15, 0.2) is 53.3 Å². The van der Waals surface area contributed by atoms with E-state index in [2.05, 4.69) is 27.1 Å². The van der Waals surface area contributed by atoms with Crippen molar-refractivity contribution in [2.45, 2.75) is 25.3 Å². The van der Waals surface area contributed by atoms with Gasteiger partial charge in [0, 0.05) is 19.0 Å². The van der Waals surface area contributed by atoms with E-state index in [9.17, 15) is 4.79 Å². The molecule has 1 aliphatic heterocycles. The number of likely N-dealkylation sites (tertiary alicyclic amines) is 1. The van der Waals surface area contributed by atoms with Gasteiger partial charge in [-0.05, 0) is 61.3 Å². The van der Waals surface area contributed by atoms with Crippen molar-refractivity contribution >= 4 is 0 Å². The Morgan fingerprint density at radius 2 is 1.69 bits per heavy atom. The highest BCUT2D eigenvalue weighted by molar-refractivity contribution is 5.36. The van der Waals surface area contributed by atoms with E-state index in [4.69, 9.17) is 9.47 Å². The average Bonchev–Trinajstić information content (AvgIpc) is 3.16. The molecule has 1 aromatic heterocycles. The monoisotopic (exact) mass is 394 g/mol. The number of nitrogens with zero attached hydrogens (tertiary/aromatic N) is 3. The van der Waals surface area contributed by atoms with Gasteiger partial charge in [0.1, 0.15) is 17.3 Å². The predicted octanol–water partition coefficient (Wildman–Crippen LogP) is 2.96. The van der Waals surface area contributed by atoms with Crippen LogP contribution in [0.4, 0.5) is 0 Å². The van der Waals surface area contributed by atoms with Gasteiger partial charge in [-0.25, -0.2) is 4.79 Å². The molecular formula is C22H26N4O3. The highest BCUT2D eigenvalue weighted by atomic mass is 16.5. The largest absolute Gasteiger partial charge is 0.497 e. The van der Waals surface area contributed by atoms with E-state index in [-0.39, 0.29) is 11.6 Å². The van der Waals surface area contributed by atoms with Crippen molar-refractivity contribution < 1.29 is 9.47 Å². The summed E-state index contributed by atoms with van der Waals surface area (Å²) in [6.07, 6.45) is 2.10. The molecular weight excluding hydrogens is 368 g/mol. The van der Waals surface area contributed by atoms with E-state index >= 15 is 0 Å². The van der Waals surface area contributed by atoms with Crippen LogP contribution < -0.4 is 15.2 Å². The molecule has 4 rings (SSSR count). The molecule has 2 heterocycles. The summed E-state index contributed by atoms with van der Waals surface area (Å²) in [7, 11) is 3.30. The van der Waals surface area contributed by atoms with E-state index in [1.807, 2.05) is 36.4 Å². The number of hydrogen-bond acceptors (Lipinski definition) is 5. The molecule has 1 atom stereocenters. The molecule has 7 heteroatoms. The zero-order valence-electron chi connectivity index (χ0n) is 16.8. The molecule has 1 unspecified atom stereocenters. The summed E-state index contributed by atoms with van der Waals surface area (Å²) in [6, 6.07) is 15.5. The lowest BCUT2D eigenvalue weighted by Gasteiger charge is -2.31. The molecule has 3 aromatic rings. The molecule has 0 spiro atoms. The number of H-pyrrole nitrogens is 1. The first kappa shape index (κ1) is 19.3. The highest BCUT2D eigenvalue weighted by Gasteiger charge is 2.25. The van der Waals surface area contributed by atoms with E-state index in [0.717, 1.165) is 55.5 Å². The molecule has 0 aliphatic carbocycles. The maximum absolute atomic E-state index is 12.5. The minimum absolute atomic E-state index is 0.211. The molecule has 1 N–H and O–H groups in total. The van der Waals surface area contributed by atoms with Gasteiger partial charge < -0.3 is 9.47 Å². The molecule has 7 nitrogen and oxygen atoms in total. The van der Waals surface area contributed by atoms with Gasteiger partial charge in [-0.3, -0.25) is 9.88 Å². The first-order valence-corrected chi connectivity index (χ1v) is 9.85. The van der Waals surface area contributed by atoms with Crippen molar-refractivity contribution in [2.75, 3.05) is 27.3 Å². The van der Waals surface area contributed by atoms with Crippen LogP contribution in [0.25, 0.3) is 5.69 Å². The van der Waals surface area contributed by atoms with Crippen molar-refractivity contribution in [2.24, 2.45) is 0 Å². The highest BCUT2D eigenvalue weighted by Crippen LogP contribution is 2.26. The zero-order valence-corrected chi connectivity index (χ0v) is 16.8. The minimum atomic E-state index is -0.211. The first-order valence-electron chi connectivity index (χ1n) is 9.85. The molecule has 0 saturated carbocycles. The van der Waals surface area contributed by atoms with E-state index < -0.39 is 0 Å². The maximum atomic E-state index is 12.5. The number of nitrogens with one attached hydrogen (secondary N) is 1. The third-order valence-corrected chi connectivity index (χ3v) is 5.41. The third kappa shape index (κ3) is 4.35. The number of benzene rings is 2. The second-order valence-corrected chi connectivity index (χ2v) is 7.35. The number of aromatic nitrogens is 3. The number of ether oxygens (including phenoxy) is 2. The van der Waals surface area contributed by atoms with Gasteiger partial charge in [-0.2, -0.15) is 4.68 Å². The lowest BCUT2D eigenvalue weighted by Crippen LogP contribution is -2.34. The minimum Gasteiger partial charge on any atom is -0.497 e. The number of aromatic amines is 1. The van der Waals surface area contributed by atoms with Crippen LogP contribution in [0, 0.1) is 0 Å². The van der Waals surface area contributed by atoms with Crippen molar-refractivity contribution in [3.8, 4) is 17.2 Å². The Hall–Kier alpha value is -3.06. The standard InChI is InChI=1S/C22H26N4O3/c1-28-19-9-5-16(6-10-19)14-25-13-3-4-17(15-25)21-23-22(27)26(24-21)18-7-11-20(29-2)12-8-18/h5-12,17H,3-4,13-15H2,1-2H3,(H,23,24,27). The zero-order chi connectivity index (χ0) is 20.2. The maximum Gasteiger partial charge on any atom is 0.348 e. The van der Waals surface area contributed by atoms with Gasteiger partial charge in [0.05, 0.1) is 19.9 Å². The lowest BCUT2D eigenvalue weighted by atomic mass is 9.97. The van der Waals surface area contributed by atoms with Gasteiger partial charge in [0.15, 0.2) is 0 Å². The first-order chi connectivity index (χ1) is 14.2. The summed E-state index contributed by atoms with van der Waals surface area (Å²) in [5, 5.41) is 4.59. The number of piperidine rings is 1. The normalized spacial score (nSPS) is 17.2. The smallest absolute Gasteiger partial charge is 0.348 e. The fraction of sp³-hybridized carbons (Fsp3) is 0.364. The topological polar surface area (TPSA) is 72.4 Å². The van der Waals surface area contributed by atoms with Crippen LogP contribution in [0.5, 0.6) is 11.5 Å². The summed E-state index contributed by atoms with van der Waals surface area (Å²) in [6.45, 7) is 2.80. The average molecular weight is 394 g/mol. The summed E-state index contributed by atoms with van der Waals surface area (Å²) in [4.78, 5) is 17.8.